The third kappa shape index (κ3) is 8.58. The van der Waals surface area contributed by atoms with Gasteiger partial charge in [0.2, 0.25) is 15.9 Å². The summed E-state index contributed by atoms with van der Waals surface area (Å²) in [5, 5.41) is 3.28. The fraction of sp³-hybridized carbons (Fsp3) is 0.692. The highest BCUT2D eigenvalue weighted by molar-refractivity contribution is 7.89. The number of para-hydroxylation sites is 1. The monoisotopic (exact) mass is 536 g/mol. The van der Waals surface area contributed by atoms with Gasteiger partial charge in [-0.1, -0.05) is 19.1 Å². The number of sulfonamides is 1. The molecular formula is C26H44N6O4S. The van der Waals surface area contributed by atoms with Crippen LogP contribution in [0.15, 0.2) is 28.1 Å². The van der Waals surface area contributed by atoms with Crippen LogP contribution in [0.4, 0.5) is 5.69 Å². The molecule has 0 saturated carbocycles. The maximum absolute atomic E-state index is 13.7. The lowest BCUT2D eigenvalue weighted by atomic mass is 9.96. The Morgan fingerprint density at radius 3 is 2.78 bits per heavy atom. The maximum atomic E-state index is 13.7. The van der Waals surface area contributed by atoms with Gasteiger partial charge in [-0.25, -0.2) is 8.42 Å². The number of fused-ring (bicyclic) bond motifs is 1. The standard InChI is InChI=1S/C26H44N6O4S/c1-18-14-20-9-5-11-22(23(20)30-15-18)37(34,35)31-21(10-6-12-29-25(27)28)24(33)32-13-7-8-19(16-32)17-36-26(2,3)4/h5,9,11,18-19,21,30-31H,6-8,10,12-17H2,1-4H3,(H4,27,28,29)/t18?,19-,21+/m1/s1. The van der Waals surface area contributed by atoms with Gasteiger partial charge in [0.1, 0.15) is 10.9 Å². The molecule has 1 amide bonds. The Hall–Kier alpha value is -2.37. The number of ether oxygens (including phenoxy) is 1. The number of piperidine rings is 1. The first-order valence-corrected chi connectivity index (χ1v) is 14.7. The first-order valence-electron chi connectivity index (χ1n) is 13.2. The molecule has 1 aromatic carbocycles. The Kier molecular flexibility index (Phi) is 9.82. The van der Waals surface area contributed by atoms with Gasteiger partial charge < -0.3 is 26.4 Å². The second kappa shape index (κ2) is 12.4. The number of nitrogens with zero attached hydrogens (tertiary/aromatic N) is 2. The van der Waals surface area contributed by atoms with Gasteiger partial charge in [-0.2, -0.15) is 4.72 Å². The van der Waals surface area contributed by atoms with Crippen molar-refractivity contribution in [3.05, 3.63) is 23.8 Å². The molecule has 1 fully saturated rings. The average molecular weight is 537 g/mol. The predicted octanol–water partition coefficient (Wildman–Crippen LogP) is 2.04. The molecule has 1 unspecified atom stereocenters. The second-order valence-corrected chi connectivity index (χ2v) is 13.0. The van der Waals surface area contributed by atoms with Crippen LogP contribution in [-0.2, 0) is 26.0 Å². The highest BCUT2D eigenvalue weighted by atomic mass is 32.2. The van der Waals surface area contributed by atoms with E-state index in [9.17, 15) is 13.2 Å². The molecule has 208 valence electrons. The Morgan fingerprint density at radius 1 is 1.32 bits per heavy atom. The largest absolute Gasteiger partial charge is 0.383 e. The Morgan fingerprint density at radius 2 is 2.08 bits per heavy atom. The molecule has 11 heteroatoms. The SMILES string of the molecule is CC1CNc2c(cccc2S(=O)(=O)N[C@@H](CCCN=C(N)N)C(=O)N2CCC[C@@H](COC(C)(C)C)C2)C1. The second-order valence-electron chi connectivity index (χ2n) is 11.3. The molecule has 6 N–H and O–H groups in total. The number of hydrogen-bond acceptors (Lipinski definition) is 6. The fourth-order valence-electron chi connectivity index (χ4n) is 4.87. The smallest absolute Gasteiger partial charge is 0.243 e. The van der Waals surface area contributed by atoms with E-state index in [1.54, 1.807) is 17.0 Å². The van der Waals surface area contributed by atoms with Crippen LogP contribution in [0.1, 0.15) is 58.9 Å². The minimum atomic E-state index is -3.97. The molecule has 1 aromatic rings. The number of amides is 1. The summed E-state index contributed by atoms with van der Waals surface area (Å²) in [5.41, 5.74) is 12.2. The van der Waals surface area contributed by atoms with Crippen molar-refractivity contribution >= 4 is 27.6 Å². The van der Waals surface area contributed by atoms with Crippen molar-refractivity contribution in [2.45, 2.75) is 76.3 Å². The number of guanidine groups is 1. The minimum absolute atomic E-state index is 0.0302. The van der Waals surface area contributed by atoms with E-state index in [0.29, 0.717) is 50.8 Å². The number of carbonyl (C=O) groups is 1. The number of aliphatic imine (C=N–C) groups is 1. The topological polar surface area (TPSA) is 152 Å². The third-order valence-corrected chi connectivity index (χ3v) is 8.24. The summed E-state index contributed by atoms with van der Waals surface area (Å²) < 4.78 is 35.9. The average Bonchev–Trinajstić information content (AvgIpc) is 2.83. The van der Waals surface area contributed by atoms with Gasteiger partial charge in [0.15, 0.2) is 5.96 Å². The molecule has 37 heavy (non-hydrogen) atoms. The highest BCUT2D eigenvalue weighted by Crippen LogP contribution is 2.31. The summed E-state index contributed by atoms with van der Waals surface area (Å²) in [7, 11) is -3.97. The lowest BCUT2D eigenvalue weighted by Gasteiger charge is -2.36. The minimum Gasteiger partial charge on any atom is -0.383 e. The van der Waals surface area contributed by atoms with Crippen molar-refractivity contribution in [1.82, 2.24) is 9.62 Å². The third-order valence-electron chi connectivity index (χ3n) is 6.72. The summed E-state index contributed by atoms with van der Waals surface area (Å²) in [6.07, 6.45) is 3.38. The van der Waals surface area contributed by atoms with E-state index in [0.717, 1.165) is 24.8 Å². The lowest BCUT2D eigenvalue weighted by Crippen LogP contribution is -2.52. The van der Waals surface area contributed by atoms with Crippen LogP contribution in [0.5, 0.6) is 0 Å². The normalized spacial score (nSPS) is 21.0. The van der Waals surface area contributed by atoms with Crippen molar-refractivity contribution in [3.8, 4) is 0 Å². The van der Waals surface area contributed by atoms with Crippen LogP contribution in [0.3, 0.4) is 0 Å². The van der Waals surface area contributed by atoms with E-state index in [2.05, 4.69) is 22.0 Å². The molecule has 2 heterocycles. The number of carbonyl (C=O) groups excluding carboxylic acids is 1. The number of hydrogen-bond donors (Lipinski definition) is 4. The molecular weight excluding hydrogens is 492 g/mol. The molecule has 10 nitrogen and oxygen atoms in total. The van der Waals surface area contributed by atoms with Crippen LogP contribution < -0.4 is 21.5 Å². The molecule has 0 aliphatic carbocycles. The van der Waals surface area contributed by atoms with Crippen LogP contribution in [0, 0.1) is 11.8 Å². The highest BCUT2D eigenvalue weighted by Gasteiger charge is 2.34. The van der Waals surface area contributed by atoms with Crippen molar-refractivity contribution in [2.75, 3.05) is 38.1 Å². The molecule has 2 aliphatic rings. The van der Waals surface area contributed by atoms with E-state index in [1.807, 2.05) is 26.8 Å². The van der Waals surface area contributed by atoms with E-state index in [4.69, 9.17) is 16.2 Å². The van der Waals surface area contributed by atoms with E-state index >= 15 is 0 Å². The number of nitrogens with one attached hydrogen (secondary N) is 2. The van der Waals surface area contributed by atoms with Crippen molar-refractivity contribution in [1.29, 1.82) is 0 Å². The van der Waals surface area contributed by atoms with Crippen LogP contribution in [0.25, 0.3) is 0 Å². The maximum Gasteiger partial charge on any atom is 0.243 e. The van der Waals surface area contributed by atoms with Crippen LogP contribution in [-0.4, -0.2) is 69.6 Å². The molecule has 3 rings (SSSR count). The zero-order valence-corrected chi connectivity index (χ0v) is 23.4. The van der Waals surface area contributed by atoms with Gasteiger partial charge in [-0.15, -0.1) is 0 Å². The van der Waals surface area contributed by atoms with Crippen molar-refractivity contribution in [2.24, 2.45) is 28.3 Å². The predicted molar refractivity (Wildman–Crippen MR) is 147 cm³/mol. The first-order chi connectivity index (χ1) is 17.4. The molecule has 0 spiro atoms. The summed E-state index contributed by atoms with van der Waals surface area (Å²) in [5.74, 6) is 0.373. The summed E-state index contributed by atoms with van der Waals surface area (Å²) in [6.45, 7) is 10.9. The van der Waals surface area contributed by atoms with E-state index in [1.165, 1.54) is 0 Å². The first kappa shape index (κ1) is 29.2. The van der Waals surface area contributed by atoms with Crippen LogP contribution >= 0.6 is 0 Å². The number of likely N-dealkylation sites (tertiary alicyclic amines) is 1. The van der Waals surface area contributed by atoms with Crippen molar-refractivity contribution < 1.29 is 17.9 Å². The summed E-state index contributed by atoms with van der Waals surface area (Å²) in [4.78, 5) is 19.6. The molecule has 0 bridgehead atoms. The van der Waals surface area contributed by atoms with E-state index in [-0.39, 0.29) is 34.7 Å². The zero-order valence-electron chi connectivity index (χ0n) is 22.6. The number of rotatable bonds is 10. The van der Waals surface area contributed by atoms with Crippen LogP contribution in [0.2, 0.25) is 0 Å². The summed E-state index contributed by atoms with van der Waals surface area (Å²) in [6, 6.07) is 4.38. The molecule has 2 aliphatic heterocycles. The van der Waals surface area contributed by atoms with Gasteiger partial charge >= 0.3 is 0 Å². The summed E-state index contributed by atoms with van der Waals surface area (Å²) >= 11 is 0. The van der Waals surface area contributed by atoms with Gasteiger partial charge in [0.25, 0.3) is 0 Å². The van der Waals surface area contributed by atoms with Gasteiger partial charge in [0.05, 0.1) is 17.9 Å². The van der Waals surface area contributed by atoms with Gasteiger partial charge in [-0.05, 0) is 76.3 Å². The van der Waals surface area contributed by atoms with Gasteiger partial charge in [-0.3, -0.25) is 9.79 Å². The molecule has 1 saturated heterocycles. The zero-order chi connectivity index (χ0) is 27.2. The fourth-order valence-corrected chi connectivity index (χ4v) is 6.32. The molecule has 0 radical (unpaired) electrons. The molecule has 0 aromatic heterocycles. The Balaban J connectivity index is 1.78. The Bertz CT molecular complexity index is 1070. The quantitative estimate of drug-likeness (QED) is 0.203. The number of benzene rings is 1. The molecule has 3 atom stereocenters. The lowest BCUT2D eigenvalue weighted by molar-refractivity contribution is -0.136. The number of anilines is 1. The van der Waals surface area contributed by atoms with E-state index < -0.39 is 16.1 Å². The van der Waals surface area contributed by atoms with Gasteiger partial charge in [0, 0.05) is 26.2 Å². The van der Waals surface area contributed by atoms with Crippen molar-refractivity contribution in [3.63, 3.8) is 0 Å². The number of nitrogens with two attached hydrogens (primary N) is 2. The Labute approximate surface area is 221 Å².